The molecule has 1 aliphatic heterocycles. The summed E-state index contributed by atoms with van der Waals surface area (Å²) in [5.74, 6) is -6.85. The Labute approximate surface area is 366 Å². The van der Waals surface area contributed by atoms with Crippen LogP contribution in [-0.4, -0.2) is 149 Å². The molecular weight excluding hydrogens is 807 g/mol. The van der Waals surface area contributed by atoms with Crippen molar-refractivity contribution in [3.05, 3.63) is 0 Å². The molecule has 0 aromatic rings. The number of carboxylic acid groups (broad SMARTS) is 2. The van der Waals surface area contributed by atoms with Crippen molar-refractivity contribution in [1.29, 1.82) is 0 Å². The molecule has 0 bridgehead atoms. The third-order valence-corrected chi connectivity index (χ3v) is 15.1. The molecule has 0 radical (unpaired) electrons. The summed E-state index contributed by atoms with van der Waals surface area (Å²) in [5.41, 5.74) is 0. The zero-order chi connectivity index (χ0) is 39.9. The van der Waals surface area contributed by atoms with Gasteiger partial charge >= 0.3 is 68.5 Å². The van der Waals surface area contributed by atoms with Crippen molar-refractivity contribution in [2.45, 2.75) is 129 Å². The number of hydrogen-bond acceptors (Lipinski definition) is 21. The molecule has 310 valence electrons. The van der Waals surface area contributed by atoms with E-state index in [0.717, 1.165) is 0 Å². The molecule has 5 aliphatic rings. The zero-order valence-electron chi connectivity index (χ0n) is 31.9. The minimum atomic E-state index is -5.25. The Morgan fingerprint density at radius 2 is 1.23 bits per heavy atom. The molecule has 4 aliphatic carbocycles. The minimum absolute atomic E-state index is 0. The van der Waals surface area contributed by atoms with Crippen LogP contribution < -0.4 is 83.2 Å². The predicted molar refractivity (Wildman–Crippen MR) is 177 cm³/mol. The van der Waals surface area contributed by atoms with E-state index < -0.39 is 156 Å². The standard InChI is InChI=1S/C28H49N7O16S3.3Li/c1-51-15-2-3-17(19(9-15)53(45,46)47)29-26-31-27(33-28(41)32-26)30-18-10-16(52(42,43)44)7-11-8-20(54(48,49)50)22(23(36)21(11)18)35-34-14-5-12(24(37)38)4-13(6-14)25(39)40;;;/h11-23,26-33,36,41H,2-10H2,1H3,(H,37,38)(H,39,40)(H,42,43,44)(H,45,46,47)(H,48,49,50);;;/q;3*+1/p-3. The van der Waals surface area contributed by atoms with Gasteiger partial charge in [-0.05, 0) is 63.7 Å². The van der Waals surface area contributed by atoms with Crippen LogP contribution in [0.25, 0.3) is 0 Å². The van der Waals surface area contributed by atoms with Crippen molar-refractivity contribution in [3.63, 3.8) is 0 Å². The number of fused-ring (bicyclic) bond motifs is 1. The molecular formula is C28H46Li3N7O16S3. The number of carboxylic acids is 2. The number of azo groups is 1. The summed E-state index contributed by atoms with van der Waals surface area (Å²) in [6.45, 7) is 0. The average Bonchev–Trinajstić information content (AvgIpc) is 3.05. The summed E-state index contributed by atoms with van der Waals surface area (Å²) in [6, 6.07) is -4.77. The largest absolute Gasteiger partial charge is 1.00 e. The molecule has 1 saturated heterocycles. The van der Waals surface area contributed by atoms with Gasteiger partial charge in [0.15, 0.2) is 6.35 Å². The molecule has 5 fully saturated rings. The number of ether oxygens (including phenoxy) is 1. The smallest absolute Gasteiger partial charge is 0.748 e. The number of aliphatic hydroxyl groups excluding tert-OH is 2. The number of hydrogen-bond donors (Lipinski definition) is 9. The second-order valence-corrected chi connectivity index (χ2v) is 19.7. The zero-order valence-corrected chi connectivity index (χ0v) is 34.4. The van der Waals surface area contributed by atoms with Gasteiger partial charge in [-0.25, -0.2) is 25.3 Å². The molecule has 23 nitrogen and oxygen atoms in total. The van der Waals surface area contributed by atoms with E-state index in [1.54, 1.807) is 0 Å². The Morgan fingerprint density at radius 1 is 0.684 bits per heavy atom. The van der Waals surface area contributed by atoms with Crippen molar-refractivity contribution in [2.24, 2.45) is 33.9 Å². The van der Waals surface area contributed by atoms with E-state index in [2.05, 4.69) is 36.8 Å². The first-order valence-corrected chi connectivity index (χ1v) is 21.8. The number of nitrogens with one attached hydrogen (secondary N) is 5. The number of aliphatic hydroxyl groups is 2. The van der Waals surface area contributed by atoms with Crippen LogP contribution in [0, 0.1) is 23.7 Å². The van der Waals surface area contributed by atoms with Gasteiger partial charge in [-0.15, -0.1) is 0 Å². The van der Waals surface area contributed by atoms with Crippen molar-refractivity contribution in [3.8, 4) is 0 Å². The third kappa shape index (κ3) is 13.4. The second-order valence-electron chi connectivity index (χ2n) is 14.9. The minimum Gasteiger partial charge on any atom is -0.748 e. The predicted octanol–water partition coefficient (Wildman–Crippen LogP) is -13.0. The third-order valence-electron chi connectivity index (χ3n) is 11.5. The topological polar surface area (TPSA) is 381 Å². The van der Waals surface area contributed by atoms with Crippen LogP contribution in [0.3, 0.4) is 0 Å². The maximum Gasteiger partial charge on any atom is 1.00 e. The van der Waals surface area contributed by atoms with Gasteiger partial charge in [0.05, 0.1) is 76.2 Å². The van der Waals surface area contributed by atoms with Crippen molar-refractivity contribution < 1.29 is 130 Å². The Morgan fingerprint density at radius 3 is 1.72 bits per heavy atom. The first kappa shape index (κ1) is 52.9. The van der Waals surface area contributed by atoms with Crippen LogP contribution in [0.4, 0.5) is 0 Å². The Bertz CT molecular complexity index is 1730. The molecule has 57 heavy (non-hydrogen) atoms. The van der Waals surface area contributed by atoms with E-state index in [9.17, 15) is 68.9 Å². The molecule has 15 atom stereocenters. The van der Waals surface area contributed by atoms with Crippen LogP contribution in [0.2, 0.25) is 0 Å². The van der Waals surface area contributed by atoms with Crippen molar-refractivity contribution in [2.75, 3.05) is 7.11 Å². The van der Waals surface area contributed by atoms with Crippen LogP contribution in [0.5, 0.6) is 0 Å². The Hall–Kier alpha value is -0.258. The second kappa shape index (κ2) is 21.2. The van der Waals surface area contributed by atoms with Crippen LogP contribution in [0.1, 0.15) is 57.8 Å². The molecule has 0 spiro atoms. The van der Waals surface area contributed by atoms with Gasteiger partial charge in [-0.2, -0.15) is 10.2 Å². The van der Waals surface area contributed by atoms with E-state index in [4.69, 9.17) is 4.74 Å². The van der Waals surface area contributed by atoms with E-state index in [1.807, 2.05) is 0 Å². The normalized spacial score (nSPS) is 40.4. The maximum atomic E-state index is 12.5. The quantitative estimate of drug-likeness (QED) is 0.0500. The average molecular weight is 854 g/mol. The molecule has 0 aromatic carbocycles. The van der Waals surface area contributed by atoms with Crippen molar-refractivity contribution >= 4 is 42.3 Å². The molecule has 0 amide bonds. The fraction of sp³-hybridized carbons (Fsp3) is 0.929. The van der Waals surface area contributed by atoms with Crippen LogP contribution in [-0.2, 0) is 44.7 Å². The van der Waals surface area contributed by atoms with E-state index in [-0.39, 0.29) is 88.7 Å². The van der Waals surface area contributed by atoms with Gasteiger partial charge in [0.2, 0.25) is 0 Å². The summed E-state index contributed by atoms with van der Waals surface area (Å²) in [7, 11) is -13.7. The van der Waals surface area contributed by atoms with Crippen LogP contribution >= 0.6 is 0 Å². The van der Waals surface area contributed by atoms with E-state index in [1.165, 1.54) is 7.11 Å². The molecule has 4 saturated carbocycles. The molecule has 9 N–H and O–H groups in total. The van der Waals surface area contributed by atoms with E-state index in [0.29, 0.717) is 6.42 Å². The number of aliphatic carboxylic acids is 2. The SMILES string of the molecule is COC1CCC(NC2NC(O)NC(NC3CC(S(=O)(=O)[O-])CC4CC(S(=O)(=O)[O-])C(N=NC5CC(C(=O)O)CC(C(=O)O)C5)C(O)C43)N2)C(S(=O)(=O)[O-])C1.[Li+].[Li+].[Li+]. The molecule has 5 rings (SSSR count). The summed E-state index contributed by atoms with van der Waals surface area (Å²) in [5, 5.41) is 58.9. The fourth-order valence-corrected chi connectivity index (χ4v) is 11.9. The number of nitrogens with zero attached hydrogens (tertiary/aromatic N) is 2. The van der Waals surface area contributed by atoms with Gasteiger partial charge < -0.3 is 38.8 Å². The van der Waals surface area contributed by atoms with Gasteiger partial charge in [-0.1, -0.05) is 0 Å². The fourth-order valence-electron chi connectivity index (χ4n) is 8.88. The van der Waals surface area contributed by atoms with Crippen molar-refractivity contribution in [1.82, 2.24) is 26.6 Å². The van der Waals surface area contributed by atoms with E-state index >= 15 is 0 Å². The van der Waals surface area contributed by atoms with Gasteiger partial charge in [0.25, 0.3) is 0 Å². The Kier molecular flexibility index (Phi) is 19.7. The number of rotatable bonds is 12. The molecule has 15 unspecified atom stereocenters. The number of carbonyl (C=O) groups is 2. The first-order valence-electron chi connectivity index (χ1n) is 17.4. The maximum absolute atomic E-state index is 12.5. The van der Waals surface area contributed by atoms with Gasteiger partial charge in [0.1, 0.15) is 18.6 Å². The van der Waals surface area contributed by atoms with Gasteiger partial charge in [0, 0.05) is 25.1 Å². The summed E-state index contributed by atoms with van der Waals surface area (Å²) < 4.78 is 116. The van der Waals surface area contributed by atoms with Gasteiger partial charge in [-0.3, -0.25) is 36.2 Å². The number of methoxy groups -OCH3 is 1. The van der Waals surface area contributed by atoms with Crippen LogP contribution in [0.15, 0.2) is 10.2 Å². The first-order chi connectivity index (χ1) is 25.0. The summed E-state index contributed by atoms with van der Waals surface area (Å²) >= 11 is 0. The summed E-state index contributed by atoms with van der Waals surface area (Å²) in [6.07, 6.45) is -7.24. The molecule has 29 heteroatoms. The molecule has 0 aromatic heterocycles. The Balaban J connectivity index is 0.00000374. The monoisotopic (exact) mass is 853 g/mol. The molecule has 1 heterocycles. The summed E-state index contributed by atoms with van der Waals surface area (Å²) in [4.78, 5) is 23.4.